The molecule has 0 bridgehead atoms. The van der Waals surface area contributed by atoms with Crippen LogP contribution in [-0.4, -0.2) is 64.5 Å². The van der Waals surface area contributed by atoms with E-state index in [9.17, 15) is 9.59 Å². The van der Waals surface area contributed by atoms with Crippen LogP contribution in [0.4, 0.5) is 0 Å². The number of aliphatic imine (C=N–C) groups is 1. The number of nitrogens with one attached hydrogen (secondary N) is 1. The summed E-state index contributed by atoms with van der Waals surface area (Å²) in [5.41, 5.74) is 5.57. The number of aromatic amines is 1. The molecule has 0 radical (unpaired) electrons. The lowest BCUT2D eigenvalue weighted by molar-refractivity contribution is -0.131. The molecule has 2 aromatic carbocycles. The monoisotopic (exact) mass is 515 g/mol. The van der Waals surface area contributed by atoms with Gasteiger partial charge in [0.25, 0.3) is 5.91 Å². The zero-order chi connectivity index (χ0) is 26.5. The molecule has 3 heterocycles. The second-order valence-electron chi connectivity index (χ2n) is 9.50. The normalized spacial score (nSPS) is 16.1. The van der Waals surface area contributed by atoms with Gasteiger partial charge in [-0.3, -0.25) is 14.3 Å². The first-order valence-corrected chi connectivity index (χ1v) is 13.2. The van der Waals surface area contributed by atoms with E-state index in [0.717, 1.165) is 58.6 Å². The van der Waals surface area contributed by atoms with Gasteiger partial charge in [0, 0.05) is 31.6 Å². The van der Waals surface area contributed by atoms with E-state index in [-0.39, 0.29) is 5.91 Å². The Morgan fingerprint density at radius 3 is 2.42 bits per heavy atom. The lowest BCUT2D eigenvalue weighted by atomic mass is 9.98. The molecule has 2 aliphatic rings. The number of benzene rings is 2. The number of carbonyl (C=O) groups excluding carboxylic acids is 1. The second-order valence-corrected chi connectivity index (χ2v) is 9.50. The van der Waals surface area contributed by atoms with Gasteiger partial charge in [-0.15, -0.1) is 0 Å². The first-order valence-electron chi connectivity index (χ1n) is 13.2. The SMILES string of the molecule is CCCC1=NC(CC)=C(C(=O)N2CCOCC2)CN1Cc1ccc(-c2ccccc2-c2noc(=O)[nH]2)cc1. The molecular weight excluding hydrogens is 482 g/mol. The molecular formula is C29H33N5O4. The highest BCUT2D eigenvalue weighted by Crippen LogP contribution is 2.30. The van der Waals surface area contributed by atoms with Crippen molar-refractivity contribution in [1.82, 2.24) is 19.9 Å². The molecule has 198 valence electrons. The van der Waals surface area contributed by atoms with Crippen LogP contribution in [0.2, 0.25) is 0 Å². The molecule has 1 aromatic heterocycles. The average Bonchev–Trinajstić information content (AvgIpc) is 3.40. The third-order valence-electron chi connectivity index (χ3n) is 6.95. The number of morpholine rings is 1. The average molecular weight is 516 g/mol. The standard InChI is InChI=1S/C29H33N5O4/c1-3-7-26-30-25(4-2)24(28(35)33-14-16-37-17-15-33)19-34(26)18-20-10-12-21(13-11-20)22-8-5-6-9-23(22)27-31-29(36)38-32-27/h5-6,8-13H,3-4,7,14-19H2,1-2H3,(H,31,32,36). The molecule has 1 fully saturated rings. The summed E-state index contributed by atoms with van der Waals surface area (Å²) >= 11 is 0. The second kappa shape index (κ2) is 11.6. The fourth-order valence-electron chi connectivity index (χ4n) is 4.99. The molecule has 1 saturated heterocycles. The minimum absolute atomic E-state index is 0.0762. The van der Waals surface area contributed by atoms with Crippen molar-refractivity contribution in [3.63, 3.8) is 0 Å². The van der Waals surface area contributed by atoms with E-state index in [2.05, 4.69) is 53.2 Å². The molecule has 9 heteroatoms. The van der Waals surface area contributed by atoms with Crippen molar-refractivity contribution in [3.8, 4) is 22.5 Å². The third-order valence-corrected chi connectivity index (χ3v) is 6.95. The van der Waals surface area contributed by atoms with Crippen LogP contribution in [0.15, 0.2) is 74.1 Å². The van der Waals surface area contributed by atoms with Gasteiger partial charge >= 0.3 is 5.76 Å². The van der Waals surface area contributed by atoms with Crippen molar-refractivity contribution in [2.75, 3.05) is 32.8 Å². The third kappa shape index (κ3) is 5.47. The minimum Gasteiger partial charge on any atom is -0.378 e. The lowest BCUT2D eigenvalue weighted by Gasteiger charge is -2.34. The van der Waals surface area contributed by atoms with Crippen LogP contribution in [0.1, 0.15) is 38.7 Å². The van der Waals surface area contributed by atoms with Crippen LogP contribution in [-0.2, 0) is 16.1 Å². The van der Waals surface area contributed by atoms with Gasteiger partial charge in [0.15, 0.2) is 5.82 Å². The van der Waals surface area contributed by atoms with Gasteiger partial charge in [0.05, 0.1) is 31.0 Å². The van der Waals surface area contributed by atoms with Gasteiger partial charge in [-0.05, 0) is 29.5 Å². The van der Waals surface area contributed by atoms with Gasteiger partial charge in [-0.1, -0.05) is 67.5 Å². The van der Waals surface area contributed by atoms with Crippen molar-refractivity contribution >= 4 is 11.7 Å². The Balaban J connectivity index is 1.38. The largest absolute Gasteiger partial charge is 0.439 e. The number of H-pyrrole nitrogens is 1. The highest BCUT2D eigenvalue weighted by Gasteiger charge is 2.29. The maximum atomic E-state index is 13.4. The molecule has 1 N–H and O–H groups in total. The van der Waals surface area contributed by atoms with Crippen molar-refractivity contribution in [2.24, 2.45) is 4.99 Å². The summed E-state index contributed by atoms with van der Waals surface area (Å²) < 4.78 is 10.2. The molecule has 1 amide bonds. The van der Waals surface area contributed by atoms with Crippen LogP contribution in [0.3, 0.4) is 0 Å². The zero-order valence-electron chi connectivity index (χ0n) is 21.9. The van der Waals surface area contributed by atoms with Crippen LogP contribution in [0.25, 0.3) is 22.5 Å². The Kier molecular flexibility index (Phi) is 7.83. The Morgan fingerprint density at radius 1 is 1.03 bits per heavy atom. The molecule has 3 aromatic rings. The minimum atomic E-state index is -0.581. The summed E-state index contributed by atoms with van der Waals surface area (Å²) in [4.78, 5) is 36.6. The Labute approximate surface area is 221 Å². The van der Waals surface area contributed by atoms with Crippen molar-refractivity contribution < 1.29 is 14.1 Å². The molecule has 2 aliphatic heterocycles. The quantitative estimate of drug-likeness (QED) is 0.481. The van der Waals surface area contributed by atoms with E-state index in [0.29, 0.717) is 45.2 Å². The molecule has 0 aliphatic carbocycles. The zero-order valence-corrected chi connectivity index (χ0v) is 21.9. The lowest BCUT2D eigenvalue weighted by Crippen LogP contribution is -2.45. The van der Waals surface area contributed by atoms with Gasteiger partial charge in [0.2, 0.25) is 0 Å². The van der Waals surface area contributed by atoms with Crippen molar-refractivity contribution in [2.45, 2.75) is 39.7 Å². The Bertz CT molecular complexity index is 1400. The predicted molar refractivity (Wildman–Crippen MR) is 145 cm³/mol. The first kappa shape index (κ1) is 25.7. The molecule has 0 saturated carbocycles. The van der Waals surface area contributed by atoms with E-state index in [4.69, 9.17) is 14.3 Å². The van der Waals surface area contributed by atoms with Crippen LogP contribution in [0.5, 0.6) is 0 Å². The van der Waals surface area contributed by atoms with Gasteiger partial charge < -0.3 is 14.5 Å². The van der Waals surface area contributed by atoms with Crippen LogP contribution < -0.4 is 5.76 Å². The molecule has 0 spiro atoms. The number of allylic oxidation sites excluding steroid dienone is 1. The number of rotatable bonds is 8. The topological polar surface area (TPSA) is 104 Å². The molecule has 38 heavy (non-hydrogen) atoms. The van der Waals surface area contributed by atoms with Crippen molar-refractivity contribution in [1.29, 1.82) is 0 Å². The summed E-state index contributed by atoms with van der Waals surface area (Å²) in [6.45, 7) is 7.84. The molecule has 0 unspecified atom stereocenters. The van der Waals surface area contributed by atoms with Gasteiger partial charge in [-0.25, -0.2) is 9.79 Å². The smallest absolute Gasteiger partial charge is 0.378 e. The molecule has 5 rings (SSSR count). The highest BCUT2D eigenvalue weighted by atomic mass is 16.5. The maximum Gasteiger partial charge on any atom is 0.439 e. The van der Waals surface area contributed by atoms with E-state index in [1.807, 2.05) is 29.2 Å². The highest BCUT2D eigenvalue weighted by molar-refractivity contribution is 5.98. The van der Waals surface area contributed by atoms with E-state index in [1.54, 1.807) is 0 Å². The van der Waals surface area contributed by atoms with E-state index >= 15 is 0 Å². The van der Waals surface area contributed by atoms with Gasteiger partial charge in [-0.2, -0.15) is 0 Å². The number of carbonyl (C=O) groups is 1. The summed E-state index contributed by atoms with van der Waals surface area (Å²) in [6, 6.07) is 16.1. The van der Waals surface area contributed by atoms with Crippen LogP contribution >= 0.6 is 0 Å². The van der Waals surface area contributed by atoms with Crippen LogP contribution in [0, 0.1) is 0 Å². The number of amidine groups is 1. The van der Waals surface area contributed by atoms with E-state index < -0.39 is 5.76 Å². The summed E-state index contributed by atoms with van der Waals surface area (Å²) in [6.07, 6.45) is 2.58. The van der Waals surface area contributed by atoms with E-state index in [1.165, 1.54) is 0 Å². The summed E-state index contributed by atoms with van der Waals surface area (Å²) in [5.74, 6) is 0.932. The molecule has 9 nitrogen and oxygen atoms in total. The summed E-state index contributed by atoms with van der Waals surface area (Å²) in [7, 11) is 0. The number of aromatic nitrogens is 2. The number of ether oxygens (including phenoxy) is 1. The Morgan fingerprint density at radius 2 is 1.76 bits per heavy atom. The summed E-state index contributed by atoms with van der Waals surface area (Å²) in [5, 5.41) is 3.86. The fraction of sp³-hybridized carbons (Fsp3) is 0.379. The maximum absolute atomic E-state index is 13.4. The number of hydrogen-bond donors (Lipinski definition) is 1. The first-order chi connectivity index (χ1) is 18.6. The molecule has 0 atom stereocenters. The number of hydrogen-bond acceptors (Lipinski definition) is 7. The predicted octanol–water partition coefficient (Wildman–Crippen LogP) is 4.23. The Hall–Kier alpha value is -3.98. The number of nitrogens with zero attached hydrogens (tertiary/aromatic N) is 4. The van der Waals surface area contributed by atoms with Crippen molar-refractivity contribution in [3.05, 3.63) is 75.9 Å². The fourth-order valence-corrected chi connectivity index (χ4v) is 4.99. The van der Waals surface area contributed by atoms with Gasteiger partial charge in [0.1, 0.15) is 5.84 Å². The number of amides is 1.